The lowest BCUT2D eigenvalue weighted by molar-refractivity contribution is 0.103. The van der Waals surface area contributed by atoms with Crippen LogP contribution in [-0.4, -0.2) is 5.78 Å². The molecule has 2 rings (SSSR count). The van der Waals surface area contributed by atoms with Gasteiger partial charge in [-0.1, -0.05) is 23.7 Å². The van der Waals surface area contributed by atoms with Gasteiger partial charge in [-0.15, -0.1) is 0 Å². The van der Waals surface area contributed by atoms with E-state index in [0.29, 0.717) is 11.1 Å². The summed E-state index contributed by atoms with van der Waals surface area (Å²) in [5, 5.41) is -0.0373. The van der Waals surface area contributed by atoms with E-state index in [1.165, 1.54) is 18.2 Å². The second kappa shape index (κ2) is 4.91. The van der Waals surface area contributed by atoms with E-state index in [0.717, 1.165) is 11.1 Å². The molecule has 0 aromatic heterocycles. The minimum atomic E-state index is -0.520. The average molecular weight is 263 g/mol. The summed E-state index contributed by atoms with van der Waals surface area (Å²) in [5.74, 6) is -0.673. The first-order chi connectivity index (χ1) is 8.49. The first kappa shape index (κ1) is 12.8. The predicted octanol–water partition coefficient (Wildman–Crippen LogP) is 4.33. The first-order valence-electron chi connectivity index (χ1n) is 5.56. The Morgan fingerprint density at radius 1 is 1.00 bits per heavy atom. The number of hydrogen-bond donors (Lipinski definition) is 0. The van der Waals surface area contributed by atoms with Crippen LogP contribution in [0, 0.1) is 19.7 Å². The van der Waals surface area contributed by atoms with Gasteiger partial charge >= 0.3 is 0 Å². The molecule has 18 heavy (non-hydrogen) atoms. The maximum Gasteiger partial charge on any atom is 0.193 e. The molecule has 0 heterocycles. The van der Waals surface area contributed by atoms with Gasteiger partial charge in [-0.05, 0) is 49.2 Å². The van der Waals surface area contributed by atoms with E-state index < -0.39 is 5.82 Å². The predicted molar refractivity (Wildman–Crippen MR) is 70.8 cm³/mol. The van der Waals surface area contributed by atoms with Gasteiger partial charge in [0.15, 0.2) is 5.78 Å². The third-order valence-corrected chi connectivity index (χ3v) is 3.24. The molecular weight excluding hydrogens is 251 g/mol. The van der Waals surface area contributed by atoms with Crippen molar-refractivity contribution in [3.63, 3.8) is 0 Å². The third kappa shape index (κ3) is 2.44. The van der Waals surface area contributed by atoms with Crippen molar-refractivity contribution in [2.45, 2.75) is 13.8 Å². The van der Waals surface area contributed by atoms with Crippen LogP contribution >= 0.6 is 11.6 Å². The Kier molecular flexibility index (Phi) is 3.48. The molecule has 0 aliphatic rings. The van der Waals surface area contributed by atoms with Crippen molar-refractivity contribution in [2.24, 2.45) is 0 Å². The molecule has 0 saturated carbocycles. The summed E-state index contributed by atoms with van der Waals surface area (Å²) in [6.45, 7) is 3.93. The van der Waals surface area contributed by atoms with Crippen LogP contribution in [0.2, 0.25) is 5.02 Å². The summed E-state index contributed by atoms with van der Waals surface area (Å²) < 4.78 is 13.0. The van der Waals surface area contributed by atoms with Crippen molar-refractivity contribution in [2.75, 3.05) is 0 Å². The minimum absolute atomic E-state index is 0.0373. The second-order valence-corrected chi connectivity index (χ2v) is 4.66. The van der Waals surface area contributed by atoms with Gasteiger partial charge in [0.1, 0.15) is 5.82 Å². The molecule has 0 aliphatic carbocycles. The number of carbonyl (C=O) groups excluding carboxylic acids is 1. The van der Waals surface area contributed by atoms with Gasteiger partial charge in [-0.2, -0.15) is 0 Å². The summed E-state index contributed by atoms with van der Waals surface area (Å²) in [6.07, 6.45) is 0. The largest absolute Gasteiger partial charge is 0.289 e. The van der Waals surface area contributed by atoms with Crippen molar-refractivity contribution < 1.29 is 9.18 Å². The molecule has 0 saturated heterocycles. The topological polar surface area (TPSA) is 17.1 Å². The number of rotatable bonds is 2. The summed E-state index contributed by atoms with van der Waals surface area (Å²) in [4.78, 5) is 12.2. The molecule has 0 unspecified atom stereocenters. The van der Waals surface area contributed by atoms with E-state index in [1.807, 2.05) is 26.0 Å². The standard InChI is InChI=1S/C15H12ClFO/c1-9-3-4-11(7-10(9)2)15(18)12-5-6-14(17)13(16)8-12/h3-8H,1-2H3. The molecule has 0 spiro atoms. The van der Waals surface area contributed by atoms with Crippen LogP contribution in [0.4, 0.5) is 4.39 Å². The number of benzene rings is 2. The Bertz CT molecular complexity index is 566. The molecule has 2 aromatic rings. The molecule has 0 amide bonds. The molecule has 1 nitrogen and oxygen atoms in total. The zero-order valence-corrected chi connectivity index (χ0v) is 10.9. The summed E-state index contributed by atoms with van der Waals surface area (Å²) in [6, 6.07) is 9.49. The molecule has 92 valence electrons. The van der Waals surface area contributed by atoms with Crippen molar-refractivity contribution in [3.8, 4) is 0 Å². The molecule has 0 fully saturated rings. The molecule has 0 radical (unpaired) electrons. The molecule has 2 aromatic carbocycles. The van der Waals surface area contributed by atoms with Crippen LogP contribution in [-0.2, 0) is 0 Å². The van der Waals surface area contributed by atoms with Crippen LogP contribution in [0.1, 0.15) is 27.0 Å². The van der Waals surface area contributed by atoms with E-state index >= 15 is 0 Å². The molecule has 0 bridgehead atoms. The SMILES string of the molecule is Cc1ccc(C(=O)c2ccc(F)c(Cl)c2)cc1C. The number of carbonyl (C=O) groups is 1. The fraction of sp³-hybridized carbons (Fsp3) is 0.133. The fourth-order valence-corrected chi connectivity index (χ4v) is 1.87. The Morgan fingerprint density at radius 2 is 1.61 bits per heavy atom. The van der Waals surface area contributed by atoms with Crippen LogP contribution in [0.5, 0.6) is 0 Å². The molecular formula is C15H12ClFO. The van der Waals surface area contributed by atoms with Gasteiger partial charge in [0, 0.05) is 11.1 Å². The van der Waals surface area contributed by atoms with E-state index in [-0.39, 0.29) is 10.8 Å². The average Bonchev–Trinajstić information content (AvgIpc) is 2.35. The van der Waals surface area contributed by atoms with Crippen molar-refractivity contribution >= 4 is 17.4 Å². The van der Waals surface area contributed by atoms with Crippen LogP contribution in [0.3, 0.4) is 0 Å². The molecule has 3 heteroatoms. The number of aryl methyl sites for hydroxylation is 2. The highest BCUT2D eigenvalue weighted by Gasteiger charge is 2.11. The maximum absolute atomic E-state index is 13.0. The summed E-state index contributed by atoms with van der Waals surface area (Å²) in [5.41, 5.74) is 3.16. The molecule has 0 atom stereocenters. The highest BCUT2D eigenvalue weighted by Crippen LogP contribution is 2.19. The minimum Gasteiger partial charge on any atom is -0.289 e. The highest BCUT2D eigenvalue weighted by molar-refractivity contribution is 6.31. The monoisotopic (exact) mass is 262 g/mol. The fourth-order valence-electron chi connectivity index (χ4n) is 1.69. The van der Waals surface area contributed by atoms with Crippen molar-refractivity contribution in [1.29, 1.82) is 0 Å². The number of ketones is 1. The quantitative estimate of drug-likeness (QED) is 0.737. The Labute approximate surface area is 110 Å². The highest BCUT2D eigenvalue weighted by atomic mass is 35.5. The van der Waals surface area contributed by atoms with Crippen molar-refractivity contribution in [1.82, 2.24) is 0 Å². The van der Waals surface area contributed by atoms with Crippen LogP contribution in [0.15, 0.2) is 36.4 Å². The van der Waals surface area contributed by atoms with Gasteiger partial charge < -0.3 is 0 Å². The van der Waals surface area contributed by atoms with E-state index in [9.17, 15) is 9.18 Å². The second-order valence-electron chi connectivity index (χ2n) is 4.26. The molecule has 0 aliphatic heterocycles. The summed E-state index contributed by atoms with van der Waals surface area (Å²) >= 11 is 5.67. The van der Waals surface area contributed by atoms with Gasteiger partial charge in [-0.3, -0.25) is 4.79 Å². The Balaban J connectivity index is 2.41. The first-order valence-corrected chi connectivity index (χ1v) is 5.94. The van der Waals surface area contributed by atoms with Gasteiger partial charge in [0.25, 0.3) is 0 Å². The Hall–Kier alpha value is -1.67. The van der Waals surface area contributed by atoms with E-state index in [1.54, 1.807) is 6.07 Å². The Morgan fingerprint density at radius 3 is 2.22 bits per heavy atom. The normalized spacial score (nSPS) is 10.4. The lowest BCUT2D eigenvalue weighted by Gasteiger charge is -2.05. The number of hydrogen-bond acceptors (Lipinski definition) is 1. The van der Waals surface area contributed by atoms with E-state index in [2.05, 4.69) is 0 Å². The molecule has 0 N–H and O–H groups in total. The van der Waals surface area contributed by atoms with Gasteiger partial charge in [0.2, 0.25) is 0 Å². The van der Waals surface area contributed by atoms with Crippen LogP contribution in [0.25, 0.3) is 0 Å². The number of halogens is 2. The maximum atomic E-state index is 13.0. The smallest absolute Gasteiger partial charge is 0.193 e. The van der Waals surface area contributed by atoms with Gasteiger partial charge in [-0.25, -0.2) is 4.39 Å². The zero-order valence-electron chi connectivity index (χ0n) is 10.1. The zero-order chi connectivity index (χ0) is 13.3. The summed E-state index contributed by atoms with van der Waals surface area (Å²) in [7, 11) is 0. The van der Waals surface area contributed by atoms with Crippen LogP contribution < -0.4 is 0 Å². The van der Waals surface area contributed by atoms with Crippen molar-refractivity contribution in [3.05, 3.63) is 69.5 Å². The lowest BCUT2D eigenvalue weighted by Crippen LogP contribution is -2.02. The third-order valence-electron chi connectivity index (χ3n) is 2.95. The lowest BCUT2D eigenvalue weighted by atomic mass is 9.99. The van der Waals surface area contributed by atoms with Gasteiger partial charge in [0.05, 0.1) is 5.02 Å². The van der Waals surface area contributed by atoms with E-state index in [4.69, 9.17) is 11.6 Å².